The van der Waals surface area contributed by atoms with Crippen molar-refractivity contribution in [3.8, 4) is 28.5 Å². The van der Waals surface area contributed by atoms with Gasteiger partial charge in [0.05, 0.1) is 18.4 Å². The zero-order chi connectivity index (χ0) is 20.9. The molecule has 0 radical (unpaired) electrons. The van der Waals surface area contributed by atoms with Crippen molar-refractivity contribution in [2.45, 2.75) is 6.92 Å². The highest BCUT2D eigenvalue weighted by atomic mass is 79.9. The molecule has 0 aliphatic carbocycles. The predicted molar refractivity (Wildman–Crippen MR) is 121 cm³/mol. The van der Waals surface area contributed by atoms with E-state index in [-0.39, 0.29) is 5.91 Å². The average Bonchev–Trinajstić information content (AvgIpc) is 3.26. The van der Waals surface area contributed by atoms with Crippen molar-refractivity contribution in [3.05, 3.63) is 89.0 Å². The van der Waals surface area contributed by atoms with E-state index >= 15 is 0 Å². The second-order valence-corrected chi connectivity index (χ2v) is 7.41. The van der Waals surface area contributed by atoms with Gasteiger partial charge in [-0.15, -0.1) is 0 Å². The third-order valence-electron chi connectivity index (χ3n) is 4.46. The van der Waals surface area contributed by atoms with Gasteiger partial charge in [-0.25, -0.2) is 4.98 Å². The van der Waals surface area contributed by atoms with Gasteiger partial charge < -0.3 is 14.5 Å². The molecule has 0 bridgehead atoms. The molecule has 0 aliphatic heterocycles. The molecule has 0 aliphatic rings. The molecule has 0 saturated carbocycles. The van der Waals surface area contributed by atoms with E-state index in [1.807, 2.05) is 73.7 Å². The molecule has 1 heterocycles. The molecule has 6 heteroatoms. The van der Waals surface area contributed by atoms with Gasteiger partial charge in [0.1, 0.15) is 5.75 Å². The van der Waals surface area contributed by atoms with E-state index in [0.29, 0.717) is 35.1 Å². The first-order valence-electron chi connectivity index (χ1n) is 9.49. The van der Waals surface area contributed by atoms with Crippen molar-refractivity contribution in [1.29, 1.82) is 0 Å². The quantitative estimate of drug-likeness (QED) is 0.358. The standard InChI is InChI=1S/C24H19BrN2O3/c1-2-29-19-13-11-18(12-14-19)27-23(28)20-5-3-4-6-21(20)24-26-15-22(30-24)16-7-9-17(25)10-8-16/h3-15H,2H2,1H3,(H,27,28). The van der Waals surface area contributed by atoms with Crippen LogP contribution >= 0.6 is 15.9 Å². The number of anilines is 1. The molecule has 3 aromatic carbocycles. The molecule has 150 valence electrons. The third kappa shape index (κ3) is 4.44. The number of rotatable bonds is 6. The predicted octanol–water partition coefficient (Wildman–Crippen LogP) is 6.42. The molecule has 4 rings (SSSR count). The Labute approximate surface area is 182 Å². The smallest absolute Gasteiger partial charge is 0.256 e. The van der Waals surface area contributed by atoms with Gasteiger partial charge >= 0.3 is 0 Å². The Balaban J connectivity index is 1.58. The summed E-state index contributed by atoms with van der Waals surface area (Å²) in [5.74, 6) is 1.55. The molecule has 0 fully saturated rings. The van der Waals surface area contributed by atoms with E-state index in [1.165, 1.54) is 0 Å². The SMILES string of the molecule is CCOc1ccc(NC(=O)c2ccccc2-c2ncc(-c3ccc(Br)cc3)o2)cc1. The second kappa shape index (κ2) is 8.97. The Bertz CT molecular complexity index is 1150. The maximum Gasteiger partial charge on any atom is 0.256 e. The van der Waals surface area contributed by atoms with Crippen LogP contribution in [0.15, 0.2) is 87.9 Å². The van der Waals surface area contributed by atoms with Gasteiger partial charge in [-0.1, -0.05) is 40.2 Å². The first-order valence-corrected chi connectivity index (χ1v) is 10.3. The van der Waals surface area contributed by atoms with Gasteiger partial charge in [0.2, 0.25) is 5.89 Å². The minimum Gasteiger partial charge on any atom is -0.494 e. The lowest BCUT2D eigenvalue weighted by molar-refractivity contribution is 0.102. The van der Waals surface area contributed by atoms with E-state index < -0.39 is 0 Å². The number of nitrogens with one attached hydrogen (secondary N) is 1. The van der Waals surface area contributed by atoms with Crippen LogP contribution in [0.25, 0.3) is 22.8 Å². The highest BCUT2D eigenvalue weighted by molar-refractivity contribution is 9.10. The minimum absolute atomic E-state index is 0.238. The number of aromatic nitrogens is 1. The lowest BCUT2D eigenvalue weighted by Crippen LogP contribution is -2.13. The van der Waals surface area contributed by atoms with Gasteiger partial charge in [-0.05, 0) is 55.5 Å². The van der Waals surface area contributed by atoms with Crippen LogP contribution in [0.4, 0.5) is 5.69 Å². The number of amides is 1. The summed E-state index contributed by atoms with van der Waals surface area (Å²) in [6.45, 7) is 2.52. The van der Waals surface area contributed by atoms with Gasteiger partial charge in [-0.2, -0.15) is 0 Å². The molecule has 4 aromatic rings. The van der Waals surface area contributed by atoms with Crippen LogP contribution in [0.3, 0.4) is 0 Å². The maximum absolute atomic E-state index is 12.9. The fourth-order valence-corrected chi connectivity index (χ4v) is 3.28. The number of benzene rings is 3. The van der Waals surface area contributed by atoms with Crippen LogP contribution in [0.2, 0.25) is 0 Å². The van der Waals surface area contributed by atoms with E-state index in [2.05, 4.69) is 26.2 Å². The topological polar surface area (TPSA) is 64.4 Å². The van der Waals surface area contributed by atoms with E-state index in [4.69, 9.17) is 9.15 Å². The molecule has 0 spiro atoms. The summed E-state index contributed by atoms with van der Waals surface area (Å²) in [6, 6.07) is 22.3. The lowest BCUT2D eigenvalue weighted by Gasteiger charge is -2.09. The molecule has 0 atom stereocenters. The van der Waals surface area contributed by atoms with Gasteiger partial charge in [-0.3, -0.25) is 4.79 Å². The first kappa shape index (κ1) is 19.9. The highest BCUT2D eigenvalue weighted by Gasteiger charge is 2.17. The Kier molecular flexibility index (Phi) is 5.95. The largest absolute Gasteiger partial charge is 0.494 e. The van der Waals surface area contributed by atoms with Crippen LogP contribution in [0.1, 0.15) is 17.3 Å². The molecule has 0 saturated heterocycles. The van der Waals surface area contributed by atoms with Crippen molar-refractivity contribution in [2.75, 3.05) is 11.9 Å². The van der Waals surface area contributed by atoms with E-state index in [9.17, 15) is 4.79 Å². The summed E-state index contributed by atoms with van der Waals surface area (Å²) in [5.41, 5.74) is 2.70. The molecule has 1 N–H and O–H groups in total. The molecular weight excluding hydrogens is 444 g/mol. The van der Waals surface area contributed by atoms with Crippen molar-refractivity contribution < 1.29 is 13.9 Å². The zero-order valence-electron chi connectivity index (χ0n) is 16.3. The lowest BCUT2D eigenvalue weighted by atomic mass is 10.1. The number of carbonyl (C=O) groups is 1. The summed E-state index contributed by atoms with van der Waals surface area (Å²) < 4.78 is 12.4. The highest BCUT2D eigenvalue weighted by Crippen LogP contribution is 2.29. The van der Waals surface area contributed by atoms with E-state index in [1.54, 1.807) is 12.3 Å². The van der Waals surface area contributed by atoms with Gasteiger partial charge in [0, 0.05) is 21.3 Å². The van der Waals surface area contributed by atoms with Crippen LogP contribution < -0.4 is 10.1 Å². The zero-order valence-corrected chi connectivity index (χ0v) is 17.8. The number of nitrogens with zero attached hydrogens (tertiary/aromatic N) is 1. The maximum atomic E-state index is 12.9. The van der Waals surface area contributed by atoms with Crippen molar-refractivity contribution in [1.82, 2.24) is 4.98 Å². The minimum atomic E-state index is -0.238. The monoisotopic (exact) mass is 462 g/mol. The van der Waals surface area contributed by atoms with Crippen LogP contribution in [0, 0.1) is 0 Å². The Morgan fingerprint density at radius 2 is 1.77 bits per heavy atom. The average molecular weight is 463 g/mol. The summed E-state index contributed by atoms with van der Waals surface area (Å²) in [4.78, 5) is 17.3. The summed E-state index contributed by atoms with van der Waals surface area (Å²) in [7, 11) is 0. The number of hydrogen-bond donors (Lipinski definition) is 1. The number of ether oxygens (including phenoxy) is 1. The van der Waals surface area contributed by atoms with Crippen molar-refractivity contribution in [3.63, 3.8) is 0 Å². The van der Waals surface area contributed by atoms with Gasteiger partial charge in [0.15, 0.2) is 5.76 Å². The van der Waals surface area contributed by atoms with Gasteiger partial charge in [0.25, 0.3) is 5.91 Å². The number of hydrogen-bond acceptors (Lipinski definition) is 4. The molecule has 1 amide bonds. The van der Waals surface area contributed by atoms with Crippen LogP contribution in [0.5, 0.6) is 5.75 Å². The molecule has 5 nitrogen and oxygen atoms in total. The molecular formula is C24H19BrN2O3. The Morgan fingerprint density at radius 1 is 1.03 bits per heavy atom. The molecule has 30 heavy (non-hydrogen) atoms. The van der Waals surface area contributed by atoms with Crippen molar-refractivity contribution >= 4 is 27.5 Å². The van der Waals surface area contributed by atoms with Crippen molar-refractivity contribution in [2.24, 2.45) is 0 Å². The normalized spacial score (nSPS) is 10.6. The van der Waals surface area contributed by atoms with Crippen LogP contribution in [-0.2, 0) is 0 Å². The van der Waals surface area contributed by atoms with E-state index in [0.717, 1.165) is 15.8 Å². The number of carbonyl (C=O) groups excluding carboxylic acids is 1. The summed E-state index contributed by atoms with van der Waals surface area (Å²) >= 11 is 3.43. The fraction of sp³-hybridized carbons (Fsp3) is 0.0833. The summed E-state index contributed by atoms with van der Waals surface area (Å²) in [5, 5.41) is 2.91. The Hall–Kier alpha value is -3.38. The number of oxazole rings is 1. The van der Waals surface area contributed by atoms with Crippen LogP contribution in [-0.4, -0.2) is 17.5 Å². The second-order valence-electron chi connectivity index (χ2n) is 6.49. The third-order valence-corrected chi connectivity index (χ3v) is 4.99. The molecule has 0 unspecified atom stereocenters. The molecule has 1 aromatic heterocycles. The first-order chi connectivity index (χ1) is 14.6. The summed E-state index contributed by atoms with van der Waals surface area (Å²) in [6.07, 6.45) is 1.67. The fourth-order valence-electron chi connectivity index (χ4n) is 3.01. The number of halogens is 1. The Morgan fingerprint density at radius 3 is 2.50 bits per heavy atom.